The van der Waals surface area contributed by atoms with Crippen molar-refractivity contribution in [1.29, 1.82) is 5.26 Å². The summed E-state index contributed by atoms with van der Waals surface area (Å²) >= 11 is 2.93. The zero-order chi connectivity index (χ0) is 10.0. The molecule has 0 unspecified atom stereocenters. The summed E-state index contributed by atoms with van der Waals surface area (Å²) in [6.07, 6.45) is 0. The van der Waals surface area contributed by atoms with Crippen molar-refractivity contribution in [2.45, 2.75) is 0 Å². The van der Waals surface area contributed by atoms with Crippen molar-refractivity contribution in [2.75, 3.05) is 0 Å². The summed E-state index contributed by atoms with van der Waals surface area (Å²) in [5.41, 5.74) is -1.05. The van der Waals surface area contributed by atoms with Gasteiger partial charge in [0.2, 0.25) is 5.82 Å². The van der Waals surface area contributed by atoms with Gasteiger partial charge < -0.3 is 0 Å². The van der Waals surface area contributed by atoms with Crippen molar-refractivity contribution >= 4 is 21.6 Å². The maximum absolute atomic E-state index is 13.0. The normalized spacial score (nSPS) is 9.31. The van der Waals surface area contributed by atoms with Crippen LogP contribution in [-0.2, 0) is 0 Å². The molecule has 1 aromatic rings. The van der Waals surface area contributed by atoms with Gasteiger partial charge in [-0.25, -0.2) is 0 Å². The van der Waals surface area contributed by atoms with Crippen molar-refractivity contribution in [3.05, 3.63) is 38.1 Å². The van der Waals surface area contributed by atoms with Crippen LogP contribution in [0.3, 0.4) is 0 Å². The van der Waals surface area contributed by atoms with E-state index in [2.05, 4.69) is 15.9 Å². The number of hydrogen-bond acceptors (Lipinski definition) is 3. The second-order valence-corrected chi connectivity index (χ2v) is 3.07. The molecule has 66 valence electrons. The molecule has 0 aliphatic carbocycles. The first-order valence-electron chi connectivity index (χ1n) is 3.10. The Morgan fingerprint density at radius 2 is 2.23 bits per heavy atom. The molecule has 0 saturated heterocycles. The lowest BCUT2D eigenvalue weighted by molar-refractivity contribution is -0.387. The monoisotopic (exact) mass is 244 g/mol. The van der Waals surface area contributed by atoms with Crippen LogP contribution in [0, 0.1) is 27.3 Å². The summed E-state index contributed by atoms with van der Waals surface area (Å²) < 4.78 is 13.3. The van der Waals surface area contributed by atoms with Crippen LogP contribution in [0.15, 0.2) is 16.6 Å². The summed E-state index contributed by atoms with van der Waals surface area (Å²) in [6, 6.07) is 3.71. The maximum atomic E-state index is 13.0. The van der Waals surface area contributed by atoms with Gasteiger partial charge in [-0.15, -0.1) is 0 Å². The van der Waals surface area contributed by atoms with E-state index >= 15 is 0 Å². The fourth-order valence-electron chi connectivity index (χ4n) is 0.789. The number of nitriles is 1. The number of nitro benzene ring substituents is 1. The van der Waals surface area contributed by atoms with Crippen molar-refractivity contribution in [3.63, 3.8) is 0 Å². The molecule has 0 aliphatic heterocycles. The average Bonchev–Trinajstić information content (AvgIpc) is 2.08. The van der Waals surface area contributed by atoms with Crippen LogP contribution in [0.4, 0.5) is 10.1 Å². The molecule has 4 nitrogen and oxygen atoms in total. The molecule has 0 aromatic heterocycles. The third-order valence-corrected chi connectivity index (χ3v) is 1.79. The van der Waals surface area contributed by atoms with Crippen LogP contribution in [0.25, 0.3) is 0 Å². The van der Waals surface area contributed by atoms with Gasteiger partial charge >= 0.3 is 5.69 Å². The molecule has 13 heavy (non-hydrogen) atoms. The third kappa shape index (κ3) is 1.81. The second kappa shape index (κ2) is 3.49. The van der Waals surface area contributed by atoms with Crippen molar-refractivity contribution in [1.82, 2.24) is 0 Å². The van der Waals surface area contributed by atoms with Crippen LogP contribution in [0.5, 0.6) is 0 Å². The van der Waals surface area contributed by atoms with Gasteiger partial charge in [0.05, 0.1) is 10.5 Å². The molecule has 0 fully saturated rings. The van der Waals surface area contributed by atoms with E-state index < -0.39 is 16.4 Å². The predicted molar refractivity (Wildman–Crippen MR) is 45.5 cm³/mol. The van der Waals surface area contributed by atoms with E-state index in [1.54, 1.807) is 0 Å². The number of nitro groups is 1. The summed E-state index contributed by atoms with van der Waals surface area (Å²) in [4.78, 5) is 9.40. The fraction of sp³-hybridized carbons (Fsp3) is 0. The van der Waals surface area contributed by atoms with Crippen LogP contribution in [0.1, 0.15) is 5.56 Å². The highest BCUT2D eigenvalue weighted by Crippen LogP contribution is 2.25. The average molecular weight is 245 g/mol. The van der Waals surface area contributed by atoms with Gasteiger partial charge in [-0.1, -0.05) is 15.9 Å². The van der Waals surface area contributed by atoms with Crippen LogP contribution in [0.2, 0.25) is 0 Å². The highest BCUT2D eigenvalue weighted by atomic mass is 79.9. The van der Waals surface area contributed by atoms with E-state index in [0.717, 1.165) is 6.07 Å². The second-order valence-electron chi connectivity index (χ2n) is 2.16. The molecule has 0 aliphatic rings. The zero-order valence-electron chi connectivity index (χ0n) is 6.12. The van der Waals surface area contributed by atoms with E-state index in [-0.39, 0.29) is 5.56 Å². The van der Waals surface area contributed by atoms with Gasteiger partial charge in [0.1, 0.15) is 6.07 Å². The minimum atomic E-state index is -1.10. The number of nitrogens with zero attached hydrogens (tertiary/aromatic N) is 2. The minimum absolute atomic E-state index is 0.303. The van der Waals surface area contributed by atoms with Crippen LogP contribution >= 0.6 is 15.9 Å². The molecular weight excluding hydrogens is 243 g/mol. The topological polar surface area (TPSA) is 66.9 Å². The lowest BCUT2D eigenvalue weighted by Crippen LogP contribution is -1.95. The molecule has 0 N–H and O–H groups in total. The SMILES string of the molecule is N#Cc1cc(Br)cc([N+](=O)[O-])c1F. The Morgan fingerprint density at radius 1 is 1.62 bits per heavy atom. The lowest BCUT2D eigenvalue weighted by Gasteiger charge is -1.96. The number of halogens is 2. The molecule has 0 amide bonds. The van der Waals surface area contributed by atoms with Crippen LogP contribution < -0.4 is 0 Å². The summed E-state index contributed by atoms with van der Waals surface area (Å²) in [5.74, 6) is -1.10. The minimum Gasteiger partial charge on any atom is -0.258 e. The van der Waals surface area contributed by atoms with Crippen molar-refractivity contribution in [3.8, 4) is 6.07 Å². The molecule has 6 heteroatoms. The maximum Gasteiger partial charge on any atom is 0.307 e. The Balaban J connectivity index is 3.47. The first-order chi connectivity index (χ1) is 6.06. The Labute approximate surface area is 80.9 Å². The molecule has 1 aromatic carbocycles. The molecule has 0 radical (unpaired) electrons. The van der Waals surface area contributed by atoms with E-state index in [1.807, 2.05) is 0 Å². The number of benzene rings is 1. The first-order valence-corrected chi connectivity index (χ1v) is 3.89. The van der Waals surface area contributed by atoms with Crippen molar-refractivity contribution < 1.29 is 9.31 Å². The third-order valence-electron chi connectivity index (χ3n) is 1.34. The fourth-order valence-corrected chi connectivity index (χ4v) is 1.23. The highest BCUT2D eigenvalue weighted by molar-refractivity contribution is 9.10. The summed E-state index contributed by atoms with van der Waals surface area (Å²) in [7, 11) is 0. The Hall–Kier alpha value is -1.48. The Bertz CT molecular complexity index is 414. The van der Waals surface area contributed by atoms with Gasteiger partial charge in [0.25, 0.3) is 0 Å². The smallest absolute Gasteiger partial charge is 0.258 e. The van der Waals surface area contributed by atoms with Gasteiger partial charge in [0.15, 0.2) is 0 Å². The van der Waals surface area contributed by atoms with Gasteiger partial charge in [-0.3, -0.25) is 10.1 Å². The van der Waals surface area contributed by atoms with E-state index in [9.17, 15) is 14.5 Å². The molecule has 0 heterocycles. The lowest BCUT2D eigenvalue weighted by atomic mass is 10.2. The Kier molecular flexibility index (Phi) is 2.58. The van der Waals surface area contributed by atoms with Gasteiger partial charge in [0, 0.05) is 10.5 Å². The predicted octanol–water partition coefficient (Wildman–Crippen LogP) is 2.37. The molecule has 0 atom stereocenters. The van der Waals surface area contributed by atoms with Crippen molar-refractivity contribution in [2.24, 2.45) is 0 Å². The zero-order valence-corrected chi connectivity index (χ0v) is 7.71. The van der Waals surface area contributed by atoms with E-state index in [0.29, 0.717) is 4.47 Å². The quantitative estimate of drug-likeness (QED) is 0.563. The number of hydrogen-bond donors (Lipinski definition) is 0. The van der Waals surface area contributed by atoms with E-state index in [1.165, 1.54) is 12.1 Å². The standard InChI is InChI=1S/C7H2BrFN2O2/c8-5-1-4(3-10)7(9)6(2-5)11(12)13/h1-2H. The molecule has 0 saturated carbocycles. The van der Waals surface area contributed by atoms with Gasteiger partial charge in [-0.05, 0) is 6.07 Å². The first kappa shape index (κ1) is 9.61. The molecular formula is C7H2BrFN2O2. The largest absolute Gasteiger partial charge is 0.307 e. The molecule has 0 bridgehead atoms. The van der Waals surface area contributed by atoms with E-state index in [4.69, 9.17) is 5.26 Å². The Morgan fingerprint density at radius 3 is 2.69 bits per heavy atom. The molecule has 1 rings (SSSR count). The summed E-state index contributed by atoms with van der Waals surface area (Å²) in [6.45, 7) is 0. The van der Waals surface area contributed by atoms with Crippen LogP contribution in [-0.4, -0.2) is 4.92 Å². The highest BCUT2D eigenvalue weighted by Gasteiger charge is 2.18. The molecule has 0 spiro atoms. The van der Waals surface area contributed by atoms with Gasteiger partial charge in [-0.2, -0.15) is 9.65 Å². The number of rotatable bonds is 1. The summed E-state index contributed by atoms with van der Waals surface area (Å²) in [5, 5.41) is 18.7.